The number of carboxylic acid groups (broad SMARTS) is 1. The van der Waals surface area contributed by atoms with Crippen LogP contribution in [0, 0.1) is 0 Å². The molecule has 0 aliphatic heterocycles. The first-order valence-corrected chi connectivity index (χ1v) is 11.9. The van der Waals surface area contributed by atoms with Crippen molar-refractivity contribution >= 4 is 41.4 Å². The maximum atomic E-state index is 12.9. The molecule has 4 atom stereocenters. The number of nitrogens with one attached hydrogen (secondary N) is 3. The summed E-state index contributed by atoms with van der Waals surface area (Å²) in [6.45, 7) is -0.488. The van der Waals surface area contributed by atoms with Gasteiger partial charge in [-0.15, -0.1) is 0 Å². The van der Waals surface area contributed by atoms with Crippen molar-refractivity contribution in [3.63, 3.8) is 0 Å². The molecule has 0 radical (unpaired) electrons. The molecular weight excluding hydrogens is 456 g/mol. The summed E-state index contributed by atoms with van der Waals surface area (Å²) < 4.78 is 0. The molecule has 0 spiro atoms. The monoisotopic (exact) mass is 492 g/mol. The molecular formula is C19H36N6O7S. The third-order valence-corrected chi connectivity index (χ3v) is 5.30. The van der Waals surface area contributed by atoms with Crippen LogP contribution < -0.4 is 33.2 Å². The third-order valence-electron chi connectivity index (χ3n) is 4.66. The third kappa shape index (κ3) is 13.0. The summed E-state index contributed by atoms with van der Waals surface area (Å²) in [5.41, 5.74) is 16.5. The minimum absolute atomic E-state index is 0.117. The van der Waals surface area contributed by atoms with Gasteiger partial charge in [0.15, 0.2) is 0 Å². The number of aliphatic carboxylic acids is 1. The maximum absolute atomic E-state index is 12.9. The van der Waals surface area contributed by atoms with E-state index in [1.165, 1.54) is 11.8 Å². The number of hydrogen-bond acceptors (Lipinski definition) is 9. The van der Waals surface area contributed by atoms with E-state index in [-0.39, 0.29) is 19.3 Å². The van der Waals surface area contributed by atoms with Crippen molar-refractivity contribution in [2.24, 2.45) is 17.2 Å². The van der Waals surface area contributed by atoms with Crippen LogP contribution in [-0.4, -0.2) is 89.1 Å². The zero-order chi connectivity index (χ0) is 25.4. The van der Waals surface area contributed by atoms with Crippen LogP contribution in [0.3, 0.4) is 0 Å². The lowest BCUT2D eigenvalue weighted by Crippen LogP contribution is -2.57. The van der Waals surface area contributed by atoms with E-state index < -0.39 is 60.4 Å². The molecule has 0 saturated heterocycles. The number of aliphatic hydroxyl groups is 1. The largest absolute Gasteiger partial charge is 0.480 e. The van der Waals surface area contributed by atoms with E-state index in [4.69, 9.17) is 27.4 Å². The Bertz CT molecular complexity index is 667. The topological polar surface area (TPSA) is 240 Å². The molecule has 190 valence electrons. The predicted molar refractivity (Wildman–Crippen MR) is 123 cm³/mol. The van der Waals surface area contributed by atoms with E-state index in [1.807, 2.05) is 6.26 Å². The van der Waals surface area contributed by atoms with Gasteiger partial charge in [0.1, 0.15) is 18.1 Å². The van der Waals surface area contributed by atoms with Crippen LogP contribution in [0.1, 0.15) is 38.5 Å². The van der Waals surface area contributed by atoms with Gasteiger partial charge in [0, 0.05) is 6.42 Å². The quantitative estimate of drug-likeness (QED) is 0.0901. The van der Waals surface area contributed by atoms with Crippen LogP contribution in [0.5, 0.6) is 0 Å². The minimum Gasteiger partial charge on any atom is -0.480 e. The average molecular weight is 493 g/mol. The molecule has 0 aliphatic carbocycles. The Kier molecular flexibility index (Phi) is 15.9. The van der Waals surface area contributed by atoms with E-state index in [0.717, 1.165) is 0 Å². The summed E-state index contributed by atoms with van der Waals surface area (Å²) in [7, 11) is 0. The normalized spacial score (nSPS) is 14.4. The van der Waals surface area contributed by atoms with Gasteiger partial charge in [-0.2, -0.15) is 11.8 Å². The van der Waals surface area contributed by atoms with Gasteiger partial charge in [-0.05, 0) is 50.7 Å². The highest BCUT2D eigenvalue weighted by Crippen LogP contribution is 2.06. The molecule has 0 aromatic heterocycles. The van der Waals surface area contributed by atoms with Crippen LogP contribution in [0.2, 0.25) is 0 Å². The maximum Gasteiger partial charge on any atom is 0.328 e. The second-order valence-electron chi connectivity index (χ2n) is 7.38. The van der Waals surface area contributed by atoms with Crippen molar-refractivity contribution < 1.29 is 34.2 Å². The van der Waals surface area contributed by atoms with Gasteiger partial charge >= 0.3 is 5.97 Å². The molecule has 0 aromatic rings. The molecule has 4 unspecified atom stereocenters. The summed E-state index contributed by atoms with van der Waals surface area (Å²) in [6.07, 6.45) is 3.05. The van der Waals surface area contributed by atoms with Crippen molar-refractivity contribution in [3.05, 3.63) is 0 Å². The SMILES string of the molecule is CSCCC(N)C(=O)NC(CCC(N)=O)C(=O)NC(CCCCN)C(=O)NC(CO)C(=O)O. The van der Waals surface area contributed by atoms with Gasteiger partial charge in [-0.3, -0.25) is 19.2 Å². The number of primary amides is 1. The molecule has 0 aromatic carbocycles. The highest BCUT2D eigenvalue weighted by atomic mass is 32.2. The van der Waals surface area contributed by atoms with Gasteiger partial charge in [0.05, 0.1) is 12.6 Å². The van der Waals surface area contributed by atoms with Crippen LogP contribution >= 0.6 is 11.8 Å². The molecule has 0 heterocycles. The van der Waals surface area contributed by atoms with E-state index in [0.29, 0.717) is 31.6 Å². The first kappa shape index (κ1) is 30.6. The first-order valence-electron chi connectivity index (χ1n) is 10.5. The number of carbonyl (C=O) groups excluding carboxylic acids is 4. The van der Waals surface area contributed by atoms with E-state index in [2.05, 4.69) is 16.0 Å². The Hall–Kier alpha value is -2.42. The zero-order valence-corrected chi connectivity index (χ0v) is 19.6. The molecule has 33 heavy (non-hydrogen) atoms. The fourth-order valence-corrected chi connectivity index (χ4v) is 3.19. The van der Waals surface area contributed by atoms with Crippen molar-refractivity contribution in [2.75, 3.05) is 25.2 Å². The summed E-state index contributed by atoms with van der Waals surface area (Å²) in [4.78, 5) is 60.1. The summed E-state index contributed by atoms with van der Waals surface area (Å²) in [5.74, 6) is -3.67. The van der Waals surface area contributed by atoms with Crippen LogP contribution in [-0.2, 0) is 24.0 Å². The highest BCUT2D eigenvalue weighted by molar-refractivity contribution is 7.98. The molecule has 11 N–H and O–H groups in total. The van der Waals surface area contributed by atoms with Gasteiger partial charge in [0.2, 0.25) is 23.6 Å². The molecule has 0 aliphatic rings. The van der Waals surface area contributed by atoms with Gasteiger partial charge in [-0.1, -0.05) is 0 Å². The molecule has 0 saturated carbocycles. The van der Waals surface area contributed by atoms with Crippen molar-refractivity contribution in [3.8, 4) is 0 Å². The Labute approximate surface area is 196 Å². The van der Waals surface area contributed by atoms with Gasteiger partial charge in [-0.25, -0.2) is 4.79 Å². The van der Waals surface area contributed by atoms with E-state index >= 15 is 0 Å². The van der Waals surface area contributed by atoms with E-state index in [1.54, 1.807) is 0 Å². The van der Waals surface area contributed by atoms with Gasteiger partial charge < -0.3 is 43.4 Å². The van der Waals surface area contributed by atoms with Crippen molar-refractivity contribution in [1.29, 1.82) is 0 Å². The number of carboxylic acids is 1. The number of amides is 4. The van der Waals surface area contributed by atoms with Crippen LogP contribution in [0.15, 0.2) is 0 Å². The molecule has 13 nitrogen and oxygen atoms in total. The van der Waals surface area contributed by atoms with E-state index in [9.17, 15) is 24.0 Å². The Balaban J connectivity index is 5.43. The Morgan fingerprint density at radius 2 is 1.42 bits per heavy atom. The van der Waals surface area contributed by atoms with Gasteiger partial charge in [0.25, 0.3) is 0 Å². The summed E-state index contributed by atoms with van der Waals surface area (Å²) >= 11 is 1.50. The summed E-state index contributed by atoms with van der Waals surface area (Å²) in [5, 5.41) is 25.3. The molecule has 0 bridgehead atoms. The second kappa shape index (κ2) is 17.1. The molecule has 0 rings (SSSR count). The number of unbranched alkanes of at least 4 members (excludes halogenated alkanes) is 1. The van der Waals surface area contributed by atoms with Crippen LogP contribution in [0.4, 0.5) is 0 Å². The number of nitrogens with two attached hydrogens (primary N) is 3. The fraction of sp³-hybridized carbons (Fsp3) is 0.737. The number of carbonyl (C=O) groups is 5. The minimum atomic E-state index is -1.55. The van der Waals surface area contributed by atoms with Crippen molar-refractivity contribution in [1.82, 2.24) is 16.0 Å². The number of rotatable bonds is 18. The predicted octanol–water partition coefficient (Wildman–Crippen LogP) is -3.01. The lowest BCUT2D eigenvalue weighted by molar-refractivity contribution is -0.143. The fourth-order valence-electron chi connectivity index (χ4n) is 2.70. The van der Waals surface area contributed by atoms with Crippen LogP contribution in [0.25, 0.3) is 0 Å². The lowest BCUT2D eigenvalue weighted by Gasteiger charge is -2.25. The molecule has 14 heteroatoms. The Morgan fingerprint density at radius 1 is 0.879 bits per heavy atom. The smallest absolute Gasteiger partial charge is 0.328 e. The summed E-state index contributed by atoms with van der Waals surface area (Å²) in [6, 6.07) is -4.77. The number of hydrogen-bond donors (Lipinski definition) is 8. The Morgan fingerprint density at radius 3 is 1.91 bits per heavy atom. The number of thioether (sulfide) groups is 1. The molecule has 4 amide bonds. The standard InChI is InChI=1S/C19H36N6O7S/c1-33-9-7-11(21)16(28)23-13(5-6-15(22)27)18(30)24-12(4-2-3-8-20)17(29)25-14(10-26)19(31)32/h11-14,26H,2-10,20-21H2,1H3,(H2,22,27)(H,23,28)(H,24,30)(H,25,29)(H,31,32). The zero-order valence-electron chi connectivity index (χ0n) is 18.7. The second-order valence-corrected chi connectivity index (χ2v) is 8.37. The van der Waals surface area contributed by atoms with Crippen molar-refractivity contribution in [2.45, 2.75) is 62.7 Å². The molecule has 0 fully saturated rings. The average Bonchev–Trinajstić information content (AvgIpc) is 2.76. The lowest BCUT2D eigenvalue weighted by atomic mass is 10.1. The first-order chi connectivity index (χ1) is 15.6. The highest BCUT2D eigenvalue weighted by Gasteiger charge is 2.30. The number of aliphatic hydroxyl groups excluding tert-OH is 1.